The van der Waals surface area contributed by atoms with Crippen LogP contribution in [-0.4, -0.2) is 39.5 Å². The zero-order valence-corrected chi connectivity index (χ0v) is 13.4. The maximum atomic E-state index is 12.8. The van der Waals surface area contributed by atoms with Crippen molar-refractivity contribution in [3.05, 3.63) is 46.8 Å². The first-order valence-corrected chi connectivity index (χ1v) is 8.02. The molecule has 0 spiro atoms. The molecule has 0 bridgehead atoms. The van der Waals surface area contributed by atoms with Gasteiger partial charge in [-0.25, -0.2) is 4.98 Å². The fourth-order valence-electron chi connectivity index (χ4n) is 2.79. The number of pyridine rings is 1. The average Bonchev–Trinajstić information content (AvgIpc) is 2.89. The minimum absolute atomic E-state index is 0.0263. The van der Waals surface area contributed by atoms with Gasteiger partial charge in [-0.05, 0) is 40.6 Å². The summed E-state index contributed by atoms with van der Waals surface area (Å²) in [7, 11) is 0. The molecule has 0 radical (unpaired) electrons. The highest BCUT2D eigenvalue weighted by Crippen LogP contribution is 2.26. The molecule has 7 heteroatoms. The van der Waals surface area contributed by atoms with Gasteiger partial charge in [0.15, 0.2) is 0 Å². The molecule has 1 unspecified atom stereocenters. The molecule has 0 amide bonds. The topological polar surface area (TPSA) is 44.9 Å². The van der Waals surface area contributed by atoms with Crippen LogP contribution in [0.2, 0.25) is 0 Å². The number of imidazole rings is 1. The molecule has 1 fully saturated rings. The van der Waals surface area contributed by atoms with Crippen LogP contribution in [0.5, 0.6) is 0 Å². The van der Waals surface area contributed by atoms with Crippen LogP contribution in [0.15, 0.2) is 46.1 Å². The van der Waals surface area contributed by atoms with E-state index in [1.165, 1.54) is 0 Å². The lowest BCUT2D eigenvalue weighted by atomic mass is 10.1. The second-order valence-electron chi connectivity index (χ2n) is 5.60. The number of hydrogen-bond donors (Lipinski definition) is 1. The zero-order chi connectivity index (χ0) is 15.1. The van der Waals surface area contributed by atoms with E-state index in [-0.39, 0.29) is 12.1 Å². The number of rotatable bonds is 2. The van der Waals surface area contributed by atoms with E-state index in [0.29, 0.717) is 13.1 Å². The van der Waals surface area contributed by atoms with E-state index in [4.69, 9.17) is 4.99 Å². The number of aromatic nitrogens is 2. The molecule has 2 aliphatic rings. The molecular weight excluding hydrogens is 349 g/mol. The van der Waals surface area contributed by atoms with Gasteiger partial charge in [0, 0.05) is 10.7 Å². The Morgan fingerprint density at radius 2 is 2.18 bits per heavy atom. The van der Waals surface area contributed by atoms with Gasteiger partial charge in [-0.15, -0.1) is 9.60 Å². The summed E-state index contributed by atoms with van der Waals surface area (Å²) < 4.78 is 15.8. The number of nitrogens with zero attached hydrogens (tertiary/aromatic N) is 4. The van der Waals surface area contributed by atoms with E-state index in [1.54, 1.807) is 0 Å². The van der Waals surface area contributed by atoms with E-state index in [0.717, 1.165) is 33.2 Å². The Labute approximate surface area is 135 Å². The number of halogens is 2. The van der Waals surface area contributed by atoms with Crippen molar-refractivity contribution in [2.75, 3.05) is 13.1 Å². The van der Waals surface area contributed by atoms with Crippen LogP contribution in [0.3, 0.4) is 0 Å². The minimum Gasteiger partial charge on any atom is -0.365 e. The number of dihydropyridines is 1. The summed E-state index contributed by atoms with van der Waals surface area (Å²) in [4.78, 5) is 9.18. The molecule has 1 saturated heterocycles. The molecule has 0 aromatic carbocycles. The van der Waals surface area contributed by atoms with Crippen molar-refractivity contribution >= 4 is 27.4 Å². The van der Waals surface area contributed by atoms with Gasteiger partial charge in [-0.1, -0.05) is 6.08 Å². The van der Waals surface area contributed by atoms with Gasteiger partial charge >= 0.3 is 0 Å². The monoisotopic (exact) mass is 363 g/mol. The first-order valence-electron chi connectivity index (χ1n) is 7.23. The summed E-state index contributed by atoms with van der Waals surface area (Å²) in [5, 5.41) is 4.08. The summed E-state index contributed by atoms with van der Waals surface area (Å²) in [6, 6.07) is 4.11. The Bertz CT molecular complexity index is 762. The molecule has 4 rings (SSSR count). The summed E-state index contributed by atoms with van der Waals surface area (Å²) in [6.07, 6.45) is 8.79. The van der Waals surface area contributed by atoms with Crippen molar-refractivity contribution < 1.29 is 4.48 Å². The number of aliphatic imine (C=N–C) groups is 1. The fraction of sp³-hybridized carbons (Fsp3) is 0.333. The second-order valence-corrected chi connectivity index (χ2v) is 6.51. The normalized spacial score (nSPS) is 22.6. The molecule has 0 aliphatic carbocycles. The fourth-order valence-corrected chi connectivity index (χ4v) is 3.13. The number of nitrogens with one attached hydrogen (secondary N) is 1. The van der Waals surface area contributed by atoms with Crippen LogP contribution in [0.1, 0.15) is 18.2 Å². The molecule has 114 valence electrons. The van der Waals surface area contributed by atoms with Crippen molar-refractivity contribution in [2.24, 2.45) is 4.99 Å². The predicted octanol–water partition coefficient (Wildman–Crippen LogP) is 2.65. The third-order valence-electron chi connectivity index (χ3n) is 3.96. The van der Waals surface area contributed by atoms with Gasteiger partial charge in [0.2, 0.25) is 0 Å². The Balaban J connectivity index is 1.59. The summed E-state index contributed by atoms with van der Waals surface area (Å²) in [5.41, 5.74) is 1.96. The van der Waals surface area contributed by atoms with Crippen LogP contribution in [0.4, 0.5) is 4.48 Å². The smallest absolute Gasteiger partial charge is 0.137 e. The van der Waals surface area contributed by atoms with E-state index < -0.39 is 0 Å². The lowest BCUT2D eigenvalue weighted by Gasteiger charge is -2.33. The number of fused-ring (bicyclic) bond motifs is 1. The Morgan fingerprint density at radius 3 is 3.00 bits per heavy atom. The SMILES string of the molecule is FN1CC(NC2=NC(c3cnc4ccc(Br)cn34)CC=C2)C1. The molecule has 1 atom stereocenters. The van der Waals surface area contributed by atoms with E-state index in [9.17, 15) is 4.48 Å². The second kappa shape index (κ2) is 5.48. The minimum atomic E-state index is 0.0263. The molecule has 1 N–H and O–H groups in total. The van der Waals surface area contributed by atoms with Crippen LogP contribution in [-0.2, 0) is 0 Å². The predicted molar refractivity (Wildman–Crippen MR) is 86.4 cm³/mol. The number of hydrogen-bond acceptors (Lipinski definition) is 4. The van der Waals surface area contributed by atoms with Crippen LogP contribution in [0, 0.1) is 0 Å². The average molecular weight is 364 g/mol. The third kappa shape index (κ3) is 2.55. The third-order valence-corrected chi connectivity index (χ3v) is 4.43. The highest BCUT2D eigenvalue weighted by Gasteiger charge is 2.28. The van der Waals surface area contributed by atoms with Gasteiger partial charge in [0.1, 0.15) is 11.5 Å². The first kappa shape index (κ1) is 13.9. The first-order chi connectivity index (χ1) is 10.7. The highest BCUT2D eigenvalue weighted by atomic mass is 79.9. The molecule has 22 heavy (non-hydrogen) atoms. The van der Waals surface area contributed by atoms with Gasteiger partial charge in [-0.2, -0.15) is 0 Å². The van der Waals surface area contributed by atoms with Crippen molar-refractivity contribution in [1.82, 2.24) is 19.8 Å². The summed E-state index contributed by atoms with van der Waals surface area (Å²) in [6.45, 7) is 0.834. The Morgan fingerprint density at radius 1 is 1.32 bits per heavy atom. The molecule has 2 aliphatic heterocycles. The van der Waals surface area contributed by atoms with Crippen LogP contribution >= 0.6 is 15.9 Å². The van der Waals surface area contributed by atoms with Gasteiger partial charge in [0.25, 0.3) is 0 Å². The molecule has 5 nitrogen and oxygen atoms in total. The maximum Gasteiger partial charge on any atom is 0.137 e. The van der Waals surface area contributed by atoms with Crippen LogP contribution in [0.25, 0.3) is 5.65 Å². The lowest BCUT2D eigenvalue weighted by molar-refractivity contribution is -0.0539. The zero-order valence-electron chi connectivity index (χ0n) is 11.8. The van der Waals surface area contributed by atoms with E-state index in [1.807, 2.05) is 30.6 Å². The Hall–Kier alpha value is -1.73. The quantitative estimate of drug-likeness (QED) is 0.834. The van der Waals surface area contributed by atoms with Gasteiger partial charge in [0.05, 0.1) is 37.1 Å². The summed E-state index contributed by atoms with van der Waals surface area (Å²) >= 11 is 3.49. The molecular formula is C15H15BrFN5. The maximum absolute atomic E-state index is 12.8. The van der Waals surface area contributed by atoms with Crippen molar-refractivity contribution in [3.63, 3.8) is 0 Å². The van der Waals surface area contributed by atoms with Gasteiger partial charge in [-0.3, -0.25) is 4.99 Å². The summed E-state index contributed by atoms with van der Waals surface area (Å²) in [5.74, 6) is 0.819. The van der Waals surface area contributed by atoms with E-state index in [2.05, 4.69) is 36.7 Å². The standard InChI is InChI=1S/C15H15BrFN5/c16-10-4-5-15-18-6-13(22(15)7-10)12-2-1-3-14(20-12)19-11-8-21(17)9-11/h1,3-7,11-12H,2,8-9H2,(H,19,20). The Kier molecular flexibility index (Phi) is 3.46. The van der Waals surface area contributed by atoms with Crippen molar-refractivity contribution in [2.45, 2.75) is 18.5 Å². The molecule has 0 saturated carbocycles. The molecule has 2 aromatic heterocycles. The number of amidine groups is 1. The molecule has 2 aromatic rings. The largest absolute Gasteiger partial charge is 0.365 e. The molecule has 4 heterocycles. The highest BCUT2D eigenvalue weighted by molar-refractivity contribution is 9.10. The van der Waals surface area contributed by atoms with Crippen LogP contribution < -0.4 is 5.32 Å². The van der Waals surface area contributed by atoms with Crippen molar-refractivity contribution in [3.8, 4) is 0 Å². The van der Waals surface area contributed by atoms with E-state index >= 15 is 0 Å². The van der Waals surface area contributed by atoms with Gasteiger partial charge < -0.3 is 9.72 Å². The lowest BCUT2D eigenvalue weighted by Crippen LogP contribution is -2.55. The van der Waals surface area contributed by atoms with Crippen molar-refractivity contribution in [1.29, 1.82) is 0 Å².